The highest BCUT2D eigenvalue weighted by molar-refractivity contribution is 6.33. The van der Waals surface area contributed by atoms with Gasteiger partial charge in [-0.3, -0.25) is 0 Å². The van der Waals surface area contributed by atoms with Crippen LogP contribution < -0.4 is 10.2 Å². The van der Waals surface area contributed by atoms with Crippen molar-refractivity contribution in [3.05, 3.63) is 53.6 Å². The molecule has 2 atom stereocenters. The molecule has 2 heterocycles. The molecule has 4 rings (SSSR count). The number of halogens is 1. The molecule has 1 aliphatic rings. The smallest absolute Gasteiger partial charge is 0.163 e. The maximum atomic E-state index is 6.39. The van der Waals surface area contributed by atoms with Crippen molar-refractivity contribution in [1.82, 2.24) is 15.3 Å². The van der Waals surface area contributed by atoms with E-state index in [4.69, 9.17) is 21.6 Å². The van der Waals surface area contributed by atoms with Gasteiger partial charge in [-0.2, -0.15) is 0 Å². The molecule has 5 heteroatoms. The molecule has 128 valence electrons. The summed E-state index contributed by atoms with van der Waals surface area (Å²) in [7, 11) is 0. The van der Waals surface area contributed by atoms with Crippen LogP contribution in [0.4, 0.5) is 5.82 Å². The molecular formula is C20H21ClN4. The van der Waals surface area contributed by atoms with Gasteiger partial charge >= 0.3 is 0 Å². The fourth-order valence-electron chi connectivity index (χ4n) is 3.56. The number of anilines is 1. The second-order valence-electron chi connectivity index (χ2n) is 6.74. The summed E-state index contributed by atoms with van der Waals surface area (Å²) in [6.45, 7) is 6.27. The molecule has 1 aliphatic heterocycles. The van der Waals surface area contributed by atoms with Gasteiger partial charge in [0.1, 0.15) is 5.82 Å². The molecule has 0 radical (unpaired) electrons. The van der Waals surface area contributed by atoms with Gasteiger partial charge in [0.05, 0.1) is 10.5 Å². The van der Waals surface area contributed by atoms with Crippen molar-refractivity contribution in [2.45, 2.75) is 25.9 Å². The fraction of sp³-hybridized carbons (Fsp3) is 0.300. The SMILES string of the molecule is C[C@@H]1CN(c2nc(-c3ccccc3Cl)nc3ccccc23)C[C@H](C)N1. The molecule has 4 nitrogen and oxygen atoms in total. The molecule has 1 N–H and O–H groups in total. The van der Waals surface area contributed by atoms with Gasteiger partial charge in [0.25, 0.3) is 0 Å². The molecule has 0 amide bonds. The number of rotatable bonds is 2. The number of nitrogens with zero attached hydrogens (tertiary/aromatic N) is 3. The Balaban J connectivity index is 1.89. The minimum Gasteiger partial charge on any atom is -0.353 e. The second kappa shape index (κ2) is 6.62. The molecule has 1 aromatic heterocycles. The van der Waals surface area contributed by atoms with Crippen molar-refractivity contribution in [3.63, 3.8) is 0 Å². The zero-order valence-corrected chi connectivity index (χ0v) is 15.2. The number of aromatic nitrogens is 2. The monoisotopic (exact) mass is 352 g/mol. The first-order valence-corrected chi connectivity index (χ1v) is 9.02. The van der Waals surface area contributed by atoms with Crippen LogP contribution in [0, 0.1) is 0 Å². The summed E-state index contributed by atoms with van der Waals surface area (Å²) in [5.41, 5.74) is 1.81. The minimum atomic E-state index is 0.418. The van der Waals surface area contributed by atoms with E-state index in [9.17, 15) is 0 Å². The van der Waals surface area contributed by atoms with Crippen LogP contribution in [0.5, 0.6) is 0 Å². The lowest BCUT2D eigenvalue weighted by Gasteiger charge is -2.37. The molecule has 0 unspecified atom stereocenters. The molecular weight excluding hydrogens is 332 g/mol. The fourth-order valence-corrected chi connectivity index (χ4v) is 3.78. The van der Waals surface area contributed by atoms with Gasteiger partial charge in [-0.05, 0) is 38.1 Å². The summed E-state index contributed by atoms with van der Waals surface area (Å²) in [6, 6.07) is 16.8. The largest absolute Gasteiger partial charge is 0.353 e. The Hall–Kier alpha value is -2.17. The Kier molecular flexibility index (Phi) is 4.32. The molecule has 2 aromatic carbocycles. The average molecular weight is 353 g/mol. The maximum Gasteiger partial charge on any atom is 0.163 e. The Morgan fingerprint density at radius 3 is 2.40 bits per heavy atom. The van der Waals surface area contributed by atoms with Gasteiger partial charge in [-0.15, -0.1) is 0 Å². The second-order valence-corrected chi connectivity index (χ2v) is 7.15. The zero-order chi connectivity index (χ0) is 17.4. The van der Waals surface area contributed by atoms with E-state index in [1.54, 1.807) is 0 Å². The molecule has 1 fully saturated rings. The predicted octanol–water partition coefficient (Wildman–Crippen LogP) is 4.14. The van der Waals surface area contributed by atoms with E-state index in [0.717, 1.165) is 35.4 Å². The number of fused-ring (bicyclic) bond motifs is 1. The Bertz CT molecular complexity index is 901. The maximum absolute atomic E-state index is 6.39. The van der Waals surface area contributed by atoms with E-state index in [2.05, 4.69) is 30.1 Å². The summed E-state index contributed by atoms with van der Waals surface area (Å²) in [5.74, 6) is 1.67. The van der Waals surface area contributed by atoms with Crippen LogP contribution in [-0.2, 0) is 0 Å². The highest BCUT2D eigenvalue weighted by Crippen LogP contribution is 2.31. The normalized spacial score (nSPS) is 20.8. The van der Waals surface area contributed by atoms with Crippen LogP contribution in [0.1, 0.15) is 13.8 Å². The van der Waals surface area contributed by atoms with Crippen molar-refractivity contribution in [2.24, 2.45) is 0 Å². The number of hydrogen-bond acceptors (Lipinski definition) is 4. The lowest BCUT2D eigenvalue weighted by Crippen LogP contribution is -2.54. The molecule has 3 aromatic rings. The quantitative estimate of drug-likeness (QED) is 0.752. The topological polar surface area (TPSA) is 41.1 Å². The summed E-state index contributed by atoms with van der Waals surface area (Å²) < 4.78 is 0. The first-order valence-electron chi connectivity index (χ1n) is 8.64. The third-order valence-corrected chi connectivity index (χ3v) is 4.88. The van der Waals surface area contributed by atoms with E-state index in [1.165, 1.54) is 0 Å². The standard InChI is InChI=1S/C20H21ClN4/c1-13-11-25(12-14(2)22-13)20-16-8-4-6-10-18(16)23-19(24-20)15-7-3-5-9-17(15)21/h3-10,13-14,22H,11-12H2,1-2H3/t13-,14+. The van der Waals surface area contributed by atoms with Crippen LogP contribution in [-0.4, -0.2) is 35.1 Å². The van der Waals surface area contributed by atoms with E-state index in [1.807, 2.05) is 42.5 Å². The van der Waals surface area contributed by atoms with Crippen molar-refractivity contribution < 1.29 is 0 Å². The molecule has 0 bridgehead atoms. The van der Waals surface area contributed by atoms with Gasteiger partial charge in [-0.1, -0.05) is 35.9 Å². The summed E-state index contributed by atoms with van der Waals surface area (Å²) >= 11 is 6.39. The Morgan fingerprint density at radius 2 is 1.64 bits per heavy atom. The Morgan fingerprint density at radius 1 is 0.960 bits per heavy atom. The highest BCUT2D eigenvalue weighted by atomic mass is 35.5. The van der Waals surface area contributed by atoms with Crippen LogP contribution in [0.15, 0.2) is 48.5 Å². The third-order valence-electron chi connectivity index (χ3n) is 4.55. The first kappa shape index (κ1) is 16.3. The van der Waals surface area contributed by atoms with Crippen LogP contribution in [0.25, 0.3) is 22.3 Å². The van der Waals surface area contributed by atoms with Gasteiger partial charge in [0.15, 0.2) is 5.82 Å². The number of nitrogens with one attached hydrogen (secondary N) is 1. The van der Waals surface area contributed by atoms with Gasteiger partial charge in [-0.25, -0.2) is 9.97 Å². The predicted molar refractivity (Wildman–Crippen MR) is 104 cm³/mol. The van der Waals surface area contributed by atoms with Gasteiger partial charge in [0, 0.05) is 36.1 Å². The van der Waals surface area contributed by atoms with Crippen molar-refractivity contribution in [3.8, 4) is 11.4 Å². The first-order chi connectivity index (χ1) is 12.1. The summed E-state index contributed by atoms with van der Waals surface area (Å²) in [4.78, 5) is 12.0. The van der Waals surface area contributed by atoms with E-state index in [-0.39, 0.29) is 0 Å². The van der Waals surface area contributed by atoms with Crippen LogP contribution >= 0.6 is 11.6 Å². The summed E-state index contributed by atoms with van der Waals surface area (Å²) in [5, 5.41) is 5.33. The summed E-state index contributed by atoms with van der Waals surface area (Å²) in [6.07, 6.45) is 0. The molecule has 0 saturated carbocycles. The van der Waals surface area contributed by atoms with Crippen LogP contribution in [0.3, 0.4) is 0 Å². The minimum absolute atomic E-state index is 0.418. The van der Waals surface area contributed by atoms with Crippen LogP contribution in [0.2, 0.25) is 5.02 Å². The van der Waals surface area contributed by atoms with Crippen molar-refractivity contribution in [2.75, 3.05) is 18.0 Å². The zero-order valence-electron chi connectivity index (χ0n) is 14.4. The Labute approximate surface area is 152 Å². The number of piperazine rings is 1. The van der Waals surface area contributed by atoms with E-state index < -0.39 is 0 Å². The number of para-hydroxylation sites is 1. The average Bonchev–Trinajstić information content (AvgIpc) is 2.60. The van der Waals surface area contributed by atoms with Gasteiger partial charge in [0.2, 0.25) is 0 Å². The molecule has 1 saturated heterocycles. The van der Waals surface area contributed by atoms with Crippen molar-refractivity contribution in [1.29, 1.82) is 0 Å². The lowest BCUT2D eigenvalue weighted by molar-refractivity contribution is 0.406. The van der Waals surface area contributed by atoms with Crippen molar-refractivity contribution >= 4 is 28.3 Å². The molecule has 0 spiro atoms. The van der Waals surface area contributed by atoms with Gasteiger partial charge < -0.3 is 10.2 Å². The lowest BCUT2D eigenvalue weighted by atomic mass is 10.1. The molecule has 25 heavy (non-hydrogen) atoms. The molecule has 0 aliphatic carbocycles. The van der Waals surface area contributed by atoms with E-state index >= 15 is 0 Å². The third kappa shape index (κ3) is 3.20. The number of hydrogen-bond donors (Lipinski definition) is 1. The van der Waals surface area contributed by atoms with E-state index in [0.29, 0.717) is 22.9 Å². The number of benzene rings is 2. The highest BCUT2D eigenvalue weighted by Gasteiger charge is 2.24.